The van der Waals surface area contributed by atoms with Gasteiger partial charge in [-0.15, -0.1) is 0 Å². The van der Waals surface area contributed by atoms with Gasteiger partial charge in [0, 0.05) is 34.2 Å². The van der Waals surface area contributed by atoms with Gasteiger partial charge >= 0.3 is 5.97 Å². The fourth-order valence-electron chi connectivity index (χ4n) is 3.67. The van der Waals surface area contributed by atoms with Crippen LogP contribution in [0.4, 0.5) is 8.78 Å². The molecule has 0 aliphatic heterocycles. The maximum atomic E-state index is 14.8. The summed E-state index contributed by atoms with van der Waals surface area (Å²) in [7, 11) is 0. The van der Waals surface area contributed by atoms with Gasteiger partial charge in [-0.05, 0) is 42.8 Å². The van der Waals surface area contributed by atoms with Gasteiger partial charge in [0.25, 0.3) is 0 Å². The lowest BCUT2D eigenvalue weighted by Crippen LogP contribution is -2.09. The van der Waals surface area contributed by atoms with Gasteiger partial charge in [-0.3, -0.25) is 4.79 Å². The van der Waals surface area contributed by atoms with Crippen LogP contribution in [0.5, 0.6) is 5.75 Å². The molecule has 4 aromatic rings. The number of carbonyl (C=O) groups excluding carboxylic acids is 1. The van der Waals surface area contributed by atoms with E-state index >= 15 is 0 Å². The van der Waals surface area contributed by atoms with Crippen LogP contribution in [0.2, 0.25) is 0 Å². The Morgan fingerprint density at radius 3 is 2.67 bits per heavy atom. The van der Waals surface area contributed by atoms with Gasteiger partial charge in [-0.2, -0.15) is 0 Å². The van der Waals surface area contributed by atoms with Crippen LogP contribution in [-0.4, -0.2) is 12.6 Å². The number of esters is 1. The van der Waals surface area contributed by atoms with E-state index in [0.29, 0.717) is 33.6 Å². The lowest BCUT2D eigenvalue weighted by molar-refractivity contribution is -0.142. The molecule has 0 unspecified atom stereocenters. The van der Waals surface area contributed by atoms with Gasteiger partial charge in [0.15, 0.2) is 0 Å². The molecule has 7 heteroatoms. The number of rotatable bonds is 8. The maximum absolute atomic E-state index is 14.8. The van der Waals surface area contributed by atoms with E-state index in [1.54, 1.807) is 43.5 Å². The fourth-order valence-corrected chi connectivity index (χ4v) is 3.67. The third kappa shape index (κ3) is 4.88. The van der Waals surface area contributed by atoms with Crippen molar-refractivity contribution in [3.05, 3.63) is 89.2 Å². The van der Waals surface area contributed by atoms with E-state index in [0.717, 1.165) is 10.9 Å². The Morgan fingerprint density at radius 1 is 1.03 bits per heavy atom. The Balaban J connectivity index is 1.61. The largest absolute Gasteiger partial charge is 0.488 e. The Hall–Kier alpha value is -3.71. The lowest BCUT2D eigenvalue weighted by atomic mass is 10.00. The Kier molecular flexibility index (Phi) is 6.70. The smallest absolute Gasteiger partial charge is 0.310 e. The van der Waals surface area contributed by atoms with Crippen molar-refractivity contribution in [1.29, 1.82) is 0 Å². The summed E-state index contributed by atoms with van der Waals surface area (Å²) in [6.07, 6.45) is 1.46. The number of hydrogen-bond acceptors (Lipinski definition) is 5. The molecular weight excluding hydrogens is 428 g/mol. The van der Waals surface area contributed by atoms with Crippen molar-refractivity contribution < 1.29 is 27.5 Å². The molecule has 33 heavy (non-hydrogen) atoms. The molecule has 0 spiro atoms. The molecule has 1 heterocycles. The van der Waals surface area contributed by atoms with Crippen molar-refractivity contribution in [3.63, 3.8) is 0 Å². The molecule has 0 bridgehead atoms. The molecule has 2 N–H and O–H groups in total. The number of fused-ring (bicyclic) bond motifs is 1. The first-order valence-electron chi connectivity index (χ1n) is 10.5. The lowest BCUT2D eigenvalue weighted by Gasteiger charge is -2.11. The number of furan rings is 1. The average Bonchev–Trinajstić information content (AvgIpc) is 3.21. The summed E-state index contributed by atoms with van der Waals surface area (Å²) in [6.45, 7) is 2.17. The van der Waals surface area contributed by atoms with Gasteiger partial charge < -0.3 is 19.6 Å². The highest BCUT2D eigenvalue weighted by Crippen LogP contribution is 2.31. The molecule has 0 aliphatic rings. The molecule has 0 saturated carbocycles. The Labute approximate surface area is 189 Å². The molecule has 0 saturated heterocycles. The van der Waals surface area contributed by atoms with Crippen LogP contribution in [-0.2, 0) is 29.1 Å². The van der Waals surface area contributed by atoms with Crippen molar-refractivity contribution in [2.24, 2.45) is 5.73 Å². The zero-order valence-electron chi connectivity index (χ0n) is 18.1. The standard InChI is InChI=1S/C26H23F2NO4/c1-2-31-25(30)12-18-10-20(27)7-9-23(18)32-14-19-15-33-24-8-6-16(11-22(19)24)21-5-3-4-17(13-29)26(21)28/h3-11,15H,2,12-14,29H2,1H3. The van der Waals surface area contributed by atoms with Crippen LogP contribution < -0.4 is 10.5 Å². The van der Waals surface area contributed by atoms with Gasteiger partial charge in [0.05, 0.1) is 19.3 Å². The van der Waals surface area contributed by atoms with Gasteiger partial charge in [-0.25, -0.2) is 8.78 Å². The molecule has 0 atom stereocenters. The van der Waals surface area contributed by atoms with Crippen molar-refractivity contribution in [1.82, 2.24) is 0 Å². The van der Waals surface area contributed by atoms with E-state index in [4.69, 9.17) is 19.6 Å². The van der Waals surface area contributed by atoms with E-state index < -0.39 is 11.8 Å². The number of nitrogens with two attached hydrogens (primary N) is 1. The fraction of sp³-hybridized carbons (Fsp3) is 0.192. The first-order valence-corrected chi connectivity index (χ1v) is 10.5. The third-order valence-electron chi connectivity index (χ3n) is 5.31. The number of benzene rings is 3. The van der Waals surface area contributed by atoms with Crippen LogP contribution in [0.3, 0.4) is 0 Å². The number of carbonyl (C=O) groups is 1. The number of ether oxygens (including phenoxy) is 2. The molecule has 4 rings (SSSR count). The summed E-state index contributed by atoms with van der Waals surface area (Å²) in [6, 6.07) is 14.5. The van der Waals surface area contributed by atoms with Crippen LogP contribution in [0.1, 0.15) is 23.6 Å². The van der Waals surface area contributed by atoms with E-state index in [1.807, 2.05) is 6.07 Å². The molecule has 170 valence electrons. The minimum Gasteiger partial charge on any atom is -0.488 e. The Bertz CT molecular complexity index is 1300. The van der Waals surface area contributed by atoms with Crippen LogP contribution in [0.15, 0.2) is 65.3 Å². The predicted octanol–water partition coefficient (Wildman–Crippen LogP) is 5.52. The highest BCUT2D eigenvalue weighted by atomic mass is 19.1. The summed E-state index contributed by atoms with van der Waals surface area (Å²) in [4.78, 5) is 11.9. The molecule has 5 nitrogen and oxygen atoms in total. The first kappa shape index (κ1) is 22.5. The topological polar surface area (TPSA) is 74.7 Å². The average molecular weight is 451 g/mol. The first-order chi connectivity index (χ1) is 16.0. The van der Waals surface area contributed by atoms with Crippen LogP contribution >= 0.6 is 0 Å². The van der Waals surface area contributed by atoms with E-state index in [9.17, 15) is 13.6 Å². The normalized spacial score (nSPS) is 11.0. The zero-order valence-corrected chi connectivity index (χ0v) is 18.1. The minimum absolute atomic E-state index is 0.103. The quantitative estimate of drug-likeness (QED) is 0.357. The molecule has 0 amide bonds. The van der Waals surface area contributed by atoms with Crippen molar-refractivity contribution >= 4 is 16.9 Å². The van der Waals surface area contributed by atoms with E-state index in [2.05, 4.69) is 0 Å². The summed E-state index contributed by atoms with van der Waals surface area (Å²) in [5.41, 5.74) is 8.95. The SMILES string of the molecule is CCOC(=O)Cc1cc(F)ccc1OCc1coc2ccc(-c3cccc(CN)c3F)cc12. The van der Waals surface area contributed by atoms with E-state index in [-0.39, 0.29) is 32.0 Å². The third-order valence-corrected chi connectivity index (χ3v) is 5.31. The van der Waals surface area contributed by atoms with Gasteiger partial charge in [0.1, 0.15) is 29.6 Å². The van der Waals surface area contributed by atoms with Gasteiger partial charge in [0.2, 0.25) is 0 Å². The van der Waals surface area contributed by atoms with Crippen LogP contribution in [0, 0.1) is 11.6 Å². The molecule has 0 radical (unpaired) electrons. The van der Waals surface area contributed by atoms with Crippen molar-refractivity contribution in [2.45, 2.75) is 26.5 Å². The highest BCUT2D eigenvalue weighted by Gasteiger charge is 2.15. The van der Waals surface area contributed by atoms with Gasteiger partial charge in [-0.1, -0.05) is 24.3 Å². The monoisotopic (exact) mass is 451 g/mol. The number of halogens is 2. The second-order valence-corrected chi connectivity index (χ2v) is 7.48. The predicted molar refractivity (Wildman–Crippen MR) is 121 cm³/mol. The summed E-state index contributed by atoms with van der Waals surface area (Å²) in [5.74, 6) is -0.915. The maximum Gasteiger partial charge on any atom is 0.310 e. The van der Waals surface area contributed by atoms with E-state index in [1.165, 1.54) is 18.2 Å². The minimum atomic E-state index is -0.471. The van der Waals surface area contributed by atoms with Crippen molar-refractivity contribution in [3.8, 4) is 16.9 Å². The molecular formula is C26H23F2NO4. The second-order valence-electron chi connectivity index (χ2n) is 7.48. The molecule has 0 fully saturated rings. The summed E-state index contributed by atoms with van der Waals surface area (Å²) >= 11 is 0. The zero-order chi connectivity index (χ0) is 23.4. The Morgan fingerprint density at radius 2 is 1.88 bits per heavy atom. The van der Waals surface area contributed by atoms with Crippen LogP contribution in [0.25, 0.3) is 22.1 Å². The number of hydrogen-bond donors (Lipinski definition) is 1. The summed E-state index contributed by atoms with van der Waals surface area (Å²) in [5, 5.41) is 0.763. The molecule has 3 aromatic carbocycles. The summed E-state index contributed by atoms with van der Waals surface area (Å²) < 4.78 is 45.0. The molecule has 1 aromatic heterocycles. The molecule has 0 aliphatic carbocycles. The second kappa shape index (κ2) is 9.83. The highest BCUT2D eigenvalue weighted by molar-refractivity contribution is 5.86. The van der Waals surface area contributed by atoms with Crippen molar-refractivity contribution in [2.75, 3.05) is 6.61 Å².